The van der Waals surface area contributed by atoms with Crippen LogP contribution >= 0.6 is 0 Å². The highest BCUT2D eigenvalue weighted by molar-refractivity contribution is 5.81. The Morgan fingerprint density at radius 1 is 0.826 bits per heavy atom. The number of hydrogen-bond acceptors (Lipinski definition) is 4. The first-order valence-electron chi connectivity index (χ1n) is 9.12. The minimum atomic E-state index is -0.649. The molecule has 0 fully saturated rings. The standard InChI is InChI=1S/C18H35NO4/c1-5-7-9-10-11-12-14-22-17(20)16(15(3)4)19-18(21)23-13-8-6-2/h15-16H,5-14H2,1-4H3,(H,19,21). The molecule has 0 aliphatic heterocycles. The number of carbonyl (C=O) groups is 2. The SMILES string of the molecule is CCCCCCCCOC(=O)C(NC(=O)OCCCC)C(C)C. The highest BCUT2D eigenvalue weighted by Gasteiger charge is 2.26. The predicted octanol–water partition coefficient (Wildman–Crippen LogP) is 4.44. The third-order valence-electron chi connectivity index (χ3n) is 3.67. The van der Waals surface area contributed by atoms with E-state index in [1.165, 1.54) is 25.7 Å². The van der Waals surface area contributed by atoms with Crippen molar-refractivity contribution in [3.8, 4) is 0 Å². The molecule has 0 aromatic rings. The summed E-state index contributed by atoms with van der Waals surface area (Å²) in [6.45, 7) is 8.76. The Morgan fingerprint density at radius 3 is 2.00 bits per heavy atom. The average molecular weight is 329 g/mol. The Kier molecular flexibility index (Phi) is 13.6. The van der Waals surface area contributed by atoms with E-state index in [1.54, 1.807) is 0 Å². The number of nitrogens with one attached hydrogen (secondary N) is 1. The fourth-order valence-corrected chi connectivity index (χ4v) is 2.12. The van der Waals surface area contributed by atoms with Crippen LogP contribution in [0.25, 0.3) is 0 Å². The van der Waals surface area contributed by atoms with Crippen molar-refractivity contribution in [1.29, 1.82) is 0 Å². The van der Waals surface area contributed by atoms with E-state index >= 15 is 0 Å². The quantitative estimate of drug-likeness (QED) is 0.401. The summed E-state index contributed by atoms with van der Waals surface area (Å²) in [5, 5.41) is 2.61. The molecule has 0 rings (SSSR count). The van der Waals surface area contributed by atoms with Gasteiger partial charge >= 0.3 is 12.1 Å². The lowest BCUT2D eigenvalue weighted by molar-refractivity contribution is -0.147. The van der Waals surface area contributed by atoms with Gasteiger partial charge in [0.25, 0.3) is 0 Å². The number of amides is 1. The first-order chi connectivity index (χ1) is 11.0. The van der Waals surface area contributed by atoms with Crippen LogP contribution in [0, 0.1) is 5.92 Å². The van der Waals surface area contributed by atoms with Gasteiger partial charge in [-0.1, -0.05) is 66.2 Å². The molecule has 0 saturated heterocycles. The van der Waals surface area contributed by atoms with Crippen molar-refractivity contribution in [1.82, 2.24) is 5.32 Å². The lowest BCUT2D eigenvalue weighted by Crippen LogP contribution is -2.45. The second-order valence-electron chi connectivity index (χ2n) is 6.29. The summed E-state index contributed by atoms with van der Waals surface area (Å²) in [6, 6.07) is -0.649. The van der Waals surface area contributed by atoms with Crippen LogP contribution in [0.3, 0.4) is 0 Å². The number of carbonyl (C=O) groups excluding carboxylic acids is 2. The van der Waals surface area contributed by atoms with Gasteiger partial charge < -0.3 is 14.8 Å². The molecule has 5 heteroatoms. The Bertz CT molecular complexity index is 318. The molecule has 136 valence electrons. The van der Waals surface area contributed by atoms with Gasteiger partial charge in [0.05, 0.1) is 13.2 Å². The number of hydrogen-bond donors (Lipinski definition) is 1. The van der Waals surface area contributed by atoms with Crippen molar-refractivity contribution in [3.05, 3.63) is 0 Å². The average Bonchev–Trinajstić information content (AvgIpc) is 2.51. The molecule has 0 aromatic heterocycles. The Labute approximate surface area is 141 Å². The van der Waals surface area contributed by atoms with Gasteiger partial charge in [0.1, 0.15) is 6.04 Å². The number of unbranched alkanes of at least 4 members (excludes halogenated alkanes) is 6. The zero-order chi connectivity index (χ0) is 17.5. The normalized spacial score (nSPS) is 12.0. The molecule has 1 amide bonds. The monoisotopic (exact) mass is 329 g/mol. The van der Waals surface area contributed by atoms with Gasteiger partial charge in [-0.25, -0.2) is 9.59 Å². The van der Waals surface area contributed by atoms with Crippen molar-refractivity contribution >= 4 is 12.1 Å². The number of alkyl carbamates (subject to hydrolysis) is 1. The second kappa shape index (κ2) is 14.3. The van der Waals surface area contributed by atoms with Gasteiger partial charge in [0, 0.05) is 0 Å². The van der Waals surface area contributed by atoms with Gasteiger partial charge in [0.15, 0.2) is 0 Å². The van der Waals surface area contributed by atoms with E-state index in [9.17, 15) is 9.59 Å². The third kappa shape index (κ3) is 11.9. The molecule has 0 aromatic carbocycles. The molecular formula is C18H35NO4. The van der Waals surface area contributed by atoms with Crippen LogP contribution in [0.2, 0.25) is 0 Å². The van der Waals surface area contributed by atoms with Crippen LogP contribution in [0.4, 0.5) is 4.79 Å². The molecule has 0 radical (unpaired) electrons. The van der Waals surface area contributed by atoms with Gasteiger partial charge in [0.2, 0.25) is 0 Å². The Hall–Kier alpha value is -1.26. The molecule has 0 bridgehead atoms. The zero-order valence-electron chi connectivity index (χ0n) is 15.4. The predicted molar refractivity (Wildman–Crippen MR) is 92.4 cm³/mol. The molecular weight excluding hydrogens is 294 g/mol. The zero-order valence-corrected chi connectivity index (χ0v) is 15.4. The van der Waals surface area contributed by atoms with Crippen molar-refractivity contribution in [2.75, 3.05) is 13.2 Å². The third-order valence-corrected chi connectivity index (χ3v) is 3.67. The van der Waals surface area contributed by atoms with Gasteiger partial charge in [-0.15, -0.1) is 0 Å². The summed E-state index contributed by atoms with van der Waals surface area (Å²) in [5.74, 6) is -0.410. The maximum absolute atomic E-state index is 12.1. The second-order valence-corrected chi connectivity index (χ2v) is 6.29. The summed E-state index contributed by atoms with van der Waals surface area (Å²) >= 11 is 0. The van der Waals surface area contributed by atoms with E-state index in [0.717, 1.165) is 25.7 Å². The molecule has 0 aliphatic rings. The molecule has 0 aliphatic carbocycles. The van der Waals surface area contributed by atoms with Crippen LogP contribution in [0.5, 0.6) is 0 Å². The van der Waals surface area contributed by atoms with E-state index in [2.05, 4.69) is 12.2 Å². The molecule has 0 spiro atoms. The van der Waals surface area contributed by atoms with E-state index in [1.807, 2.05) is 20.8 Å². The summed E-state index contributed by atoms with van der Waals surface area (Å²) < 4.78 is 10.3. The number of ether oxygens (including phenoxy) is 2. The van der Waals surface area contributed by atoms with Crippen molar-refractivity contribution in [3.63, 3.8) is 0 Å². The van der Waals surface area contributed by atoms with E-state index in [-0.39, 0.29) is 11.9 Å². The maximum Gasteiger partial charge on any atom is 0.407 e. The highest BCUT2D eigenvalue weighted by atomic mass is 16.6. The molecule has 1 atom stereocenters. The van der Waals surface area contributed by atoms with E-state index in [0.29, 0.717) is 13.2 Å². The first-order valence-corrected chi connectivity index (χ1v) is 9.12. The summed E-state index contributed by atoms with van der Waals surface area (Å²) in [5.41, 5.74) is 0. The number of esters is 1. The van der Waals surface area contributed by atoms with Crippen LogP contribution in [0.15, 0.2) is 0 Å². The lowest BCUT2D eigenvalue weighted by Gasteiger charge is -2.20. The van der Waals surface area contributed by atoms with Crippen LogP contribution in [-0.4, -0.2) is 31.3 Å². The molecule has 0 saturated carbocycles. The van der Waals surface area contributed by atoms with E-state index < -0.39 is 12.1 Å². The summed E-state index contributed by atoms with van der Waals surface area (Å²) in [7, 11) is 0. The maximum atomic E-state index is 12.1. The first kappa shape index (κ1) is 21.7. The Balaban J connectivity index is 3.98. The number of rotatable bonds is 13. The molecule has 1 N–H and O–H groups in total. The summed E-state index contributed by atoms with van der Waals surface area (Å²) in [4.78, 5) is 23.8. The molecule has 5 nitrogen and oxygen atoms in total. The van der Waals surface area contributed by atoms with Crippen LogP contribution in [0.1, 0.15) is 79.1 Å². The largest absolute Gasteiger partial charge is 0.464 e. The van der Waals surface area contributed by atoms with Crippen LogP contribution in [-0.2, 0) is 14.3 Å². The molecule has 23 heavy (non-hydrogen) atoms. The smallest absolute Gasteiger partial charge is 0.407 e. The minimum Gasteiger partial charge on any atom is -0.464 e. The Morgan fingerprint density at radius 2 is 1.39 bits per heavy atom. The fraction of sp³-hybridized carbons (Fsp3) is 0.889. The van der Waals surface area contributed by atoms with Gasteiger partial charge in [-0.3, -0.25) is 0 Å². The van der Waals surface area contributed by atoms with Crippen molar-refractivity contribution in [2.24, 2.45) is 5.92 Å². The lowest BCUT2D eigenvalue weighted by atomic mass is 10.1. The van der Waals surface area contributed by atoms with Gasteiger partial charge in [-0.2, -0.15) is 0 Å². The fourth-order valence-electron chi connectivity index (χ4n) is 2.12. The topological polar surface area (TPSA) is 64.6 Å². The van der Waals surface area contributed by atoms with Crippen molar-refractivity contribution in [2.45, 2.75) is 85.1 Å². The van der Waals surface area contributed by atoms with Crippen LogP contribution < -0.4 is 5.32 Å². The molecule has 0 heterocycles. The van der Waals surface area contributed by atoms with Crippen molar-refractivity contribution < 1.29 is 19.1 Å². The molecule has 1 unspecified atom stereocenters. The van der Waals surface area contributed by atoms with Gasteiger partial charge in [-0.05, 0) is 18.8 Å². The highest BCUT2D eigenvalue weighted by Crippen LogP contribution is 2.08. The van der Waals surface area contributed by atoms with E-state index in [4.69, 9.17) is 9.47 Å². The summed E-state index contributed by atoms with van der Waals surface area (Å²) in [6.07, 6.45) is 8.10. The minimum absolute atomic E-state index is 0.0363.